The molecule has 0 aromatic heterocycles. The number of ether oxygens (including phenoxy) is 1. The van der Waals surface area contributed by atoms with Gasteiger partial charge in [0.25, 0.3) is 0 Å². The molecule has 1 N–H and O–H groups in total. The largest absolute Gasteiger partial charge is 0.376 e. The maximum absolute atomic E-state index is 13.8. The lowest BCUT2D eigenvalue weighted by Gasteiger charge is -2.33. The van der Waals surface area contributed by atoms with Gasteiger partial charge in [0.1, 0.15) is 5.82 Å². The molecule has 20 heavy (non-hydrogen) atoms. The third-order valence-corrected chi connectivity index (χ3v) is 4.04. The molecule has 2 unspecified atom stereocenters. The molecule has 2 atom stereocenters. The molecule has 3 nitrogen and oxygen atoms in total. The smallest absolute Gasteiger partial charge is 0.127 e. The van der Waals surface area contributed by atoms with E-state index in [1.807, 2.05) is 19.2 Å². The van der Waals surface area contributed by atoms with E-state index in [2.05, 4.69) is 17.1 Å². The van der Waals surface area contributed by atoms with Gasteiger partial charge < -0.3 is 10.1 Å². The Balaban J connectivity index is 1.89. The van der Waals surface area contributed by atoms with Crippen LogP contribution in [-0.4, -0.2) is 44.3 Å². The summed E-state index contributed by atoms with van der Waals surface area (Å²) in [6, 6.07) is 7.09. The summed E-state index contributed by atoms with van der Waals surface area (Å²) in [6.07, 6.45) is 2.32. The van der Waals surface area contributed by atoms with E-state index in [4.69, 9.17) is 4.74 Å². The lowest BCUT2D eigenvalue weighted by atomic mass is 10.0. The normalized spacial score (nSPS) is 21.9. The summed E-state index contributed by atoms with van der Waals surface area (Å²) in [4.78, 5) is 2.42. The topological polar surface area (TPSA) is 24.5 Å². The highest BCUT2D eigenvalue weighted by Gasteiger charge is 2.20. The number of halogens is 1. The minimum atomic E-state index is -0.125. The highest BCUT2D eigenvalue weighted by molar-refractivity contribution is 5.21. The summed E-state index contributed by atoms with van der Waals surface area (Å²) >= 11 is 0. The van der Waals surface area contributed by atoms with Crippen LogP contribution in [0.25, 0.3) is 0 Å². The van der Waals surface area contributed by atoms with Gasteiger partial charge in [-0.3, -0.25) is 4.90 Å². The van der Waals surface area contributed by atoms with Crippen LogP contribution in [-0.2, 0) is 4.74 Å². The standard InChI is InChI=1S/C16H25FN2O/c1-3-13-12-19(10-11-20-13)9-8-16(18-2)14-6-4-5-7-15(14)17/h4-7,13,16,18H,3,8-12H2,1-2H3. The average molecular weight is 280 g/mol. The molecule has 0 radical (unpaired) electrons. The predicted octanol–water partition coefficient (Wildman–Crippen LogP) is 2.59. The Morgan fingerprint density at radius 2 is 2.25 bits per heavy atom. The number of nitrogens with one attached hydrogen (secondary N) is 1. The highest BCUT2D eigenvalue weighted by Crippen LogP contribution is 2.20. The quantitative estimate of drug-likeness (QED) is 0.867. The first-order valence-corrected chi connectivity index (χ1v) is 7.50. The van der Waals surface area contributed by atoms with E-state index in [0.717, 1.165) is 44.6 Å². The molecule has 0 aliphatic carbocycles. The van der Waals surface area contributed by atoms with Crippen molar-refractivity contribution in [2.45, 2.75) is 31.9 Å². The molecule has 112 valence electrons. The fraction of sp³-hybridized carbons (Fsp3) is 0.625. The monoisotopic (exact) mass is 280 g/mol. The van der Waals surface area contributed by atoms with Gasteiger partial charge >= 0.3 is 0 Å². The van der Waals surface area contributed by atoms with Gasteiger partial charge in [0.15, 0.2) is 0 Å². The van der Waals surface area contributed by atoms with Crippen LogP contribution in [0.5, 0.6) is 0 Å². The molecule has 0 saturated carbocycles. The van der Waals surface area contributed by atoms with Gasteiger partial charge in [0.2, 0.25) is 0 Å². The summed E-state index contributed by atoms with van der Waals surface area (Å²) in [5, 5.41) is 3.23. The lowest BCUT2D eigenvalue weighted by Crippen LogP contribution is -2.43. The van der Waals surface area contributed by atoms with E-state index in [-0.39, 0.29) is 11.9 Å². The molecule has 1 fully saturated rings. The number of benzene rings is 1. The molecule has 1 aromatic rings. The first kappa shape index (κ1) is 15.4. The van der Waals surface area contributed by atoms with E-state index >= 15 is 0 Å². The number of hydrogen-bond acceptors (Lipinski definition) is 3. The highest BCUT2D eigenvalue weighted by atomic mass is 19.1. The molecule has 0 amide bonds. The van der Waals surface area contributed by atoms with Crippen molar-refractivity contribution < 1.29 is 9.13 Å². The van der Waals surface area contributed by atoms with Crippen LogP contribution in [0.1, 0.15) is 31.4 Å². The van der Waals surface area contributed by atoms with Gasteiger partial charge in [-0.2, -0.15) is 0 Å². The van der Waals surface area contributed by atoms with Crippen molar-refractivity contribution in [3.63, 3.8) is 0 Å². The van der Waals surface area contributed by atoms with Gasteiger partial charge in [0.05, 0.1) is 12.7 Å². The lowest BCUT2D eigenvalue weighted by molar-refractivity contribution is -0.0305. The molecule has 2 rings (SSSR count). The maximum atomic E-state index is 13.8. The molecule has 1 aliphatic rings. The summed E-state index contributed by atoms with van der Waals surface area (Å²) in [6.45, 7) is 5.90. The summed E-state index contributed by atoms with van der Waals surface area (Å²) in [5.41, 5.74) is 0.760. The minimum absolute atomic E-state index is 0.0686. The van der Waals surface area contributed by atoms with Crippen LogP contribution in [0.2, 0.25) is 0 Å². The Morgan fingerprint density at radius 3 is 2.95 bits per heavy atom. The fourth-order valence-corrected chi connectivity index (χ4v) is 2.76. The van der Waals surface area contributed by atoms with E-state index in [0.29, 0.717) is 6.10 Å². The third kappa shape index (κ3) is 4.01. The Hall–Kier alpha value is -0.970. The summed E-state index contributed by atoms with van der Waals surface area (Å²) in [7, 11) is 1.89. The molecule has 0 spiro atoms. The van der Waals surface area contributed by atoms with Crippen molar-refractivity contribution in [2.75, 3.05) is 33.3 Å². The Morgan fingerprint density at radius 1 is 1.45 bits per heavy atom. The van der Waals surface area contributed by atoms with Gasteiger partial charge in [-0.05, 0) is 26.0 Å². The van der Waals surface area contributed by atoms with Crippen LogP contribution in [0.4, 0.5) is 4.39 Å². The Labute approximate surface area is 121 Å². The molecule has 1 aliphatic heterocycles. The Kier molecular flexibility index (Phi) is 5.95. The zero-order chi connectivity index (χ0) is 14.4. The van der Waals surface area contributed by atoms with Crippen molar-refractivity contribution in [1.29, 1.82) is 0 Å². The van der Waals surface area contributed by atoms with Crippen LogP contribution < -0.4 is 5.32 Å². The van der Waals surface area contributed by atoms with E-state index in [9.17, 15) is 4.39 Å². The second-order valence-electron chi connectivity index (χ2n) is 5.35. The van der Waals surface area contributed by atoms with Gasteiger partial charge in [-0.1, -0.05) is 25.1 Å². The number of rotatable bonds is 6. The third-order valence-electron chi connectivity index (χ3n) is 4.04. The van der Waals surface area contributed by atoms with Crippen LogP contribution >= 0.6 is 0 Å². The predicted molar refractivity (Wildman–Crippen MR) is 79.3 cm³/mol. The number of hydrogen-bond donors (Lipinski definition) is 1. The molecule has 0 bridgehead atoms. The number of nitrogens with zero attached hydrogens (tertiary/aromatic N) is 1. The summed E-state index contributed by atoms with van der Waals surface area (Å²) in [5.74, 6) is -0.125. The summed E-state index contributed by atoms with van der Waals surface area (Å²) < 4.78 is 19.5. The van der Waals surface area contributed by atoms with Crippen molar-refractivity contribution >= 4 is 0 Å². The molecule has 1 heterocycles. The van der Waals surface area contributed by atoms with Crippen LogP contribution in [0, 0.1) is 5.82 Å². The minimum Gasteiger partial charge on any atom is -0.376 e. The van der Waals surface area contributed by atoms with Crippen molar-refractivity contribution in [2.24, 2.45) is 0 Å². The number of morpholine rings is 1. The maximum Gasteiger partial charge on any atom is 0.127 e. The molecular weight excluding hydrogens is 255 g/mol. The van der Waals surface area contributed by atoms with E-state index in [1.54, 1.807) is 6.07 Å². The molecule has 1 aromatic carbocycles. The first-order chi connectivity index (χ1) is 9.74. The first-order valence-electron chi connectivity index (χ1n) is 7.50. The fourth-order valence-electron chi connectivity index (χ4n) is 2.76. The molecule has 4 heteroatoms. The van der Waals surface area contributed by atoms with Crippen molar-refractivity contribution in [1.82, 2.24) is 10.2 Å². The Bertz CT molecular complexity index is 413. The molecular formula is C16H25FN2O. The zero-order valence-corrected chi connectivity index (χ0v) is 12.4. The van der Waals surface area contributed by atoms with Gasteiger partial charge in [-0.25, -0.2) is 4.39 Å². The zero-order valence-electron chi connectivity index (χ0n) is 12.4. The van der Waals surface area contributed by atoms with Gasteiger partial charge in [-0.15, -0.1) is 0 Å². The second-order valence-corrected chi connectivity index (χ2v) is 5.35. The molecule has 1 saturated heterocycles. The second kappa shape index (κ2) is 7.72. The van der Waals surface area contributed by atoms with Gasteiger partial charge in [0, 0.05) is 31.2 Å². The van der Waals surface area contributed by atoms with Crippen molar-refractivity contribution in [3.05, 3.63) is 35.6 Å². The average Bonchev–Trinajstić information content (AvgIpc) is 2.49. The van der Waals surface area contributed by atoms with Crippen LogP contribution in [0.3, 0.4) is 0 Å². The van der Waals surface area contributed by atoms with Crippen molar-refractivity contribution in [3.8, 4) is 0 Å². The van der Waals surface area contributed by atoms with E-state index < -0.39 is 0 Å². The van der Waals surface area contributed by atoms with E-state index in [1.165, 1.54) is 6.07 Å². The SMILES string of the molecule is CCC1CN(CCC(NC)c2ccccc2F)CCO1. The van der Waals surface area contributed by atoms with Crippen LogP contribution in [0.15, 0.2) is 24.3 Å².